The first-order valence-electron chi connectivity index (χ1n) is 9.31. The van der Waals surface area contributed by atoms with Crippen LogP contribution < -0.4 is 0 Å². The topological polar surface area (TPSA) is 59.2 Å². The summed E-state index contributed by atoms with van der Waals surface area (Å²) in [5, 5.41) is 3.98. The van der Waals surface area contributed by atoms with Crippen LogP contribution in [0.15, 0.2) is 47.0 Å². The maximum absolute atomic E-state index is 13.5. The molecule has 3 aromatic rings. The molecule has 0 aliphatic carbocycles. The Kier molecular flexibility index (Phi) is 5.33. The molecule has 5 nitrogen and oxygen atoms in total. The van der Waals surface area contributed by atoms with Crippen molar-refractivity contribution in [2.45, 2.75) is 25.2 Å². The minimum absolute atomic E-state index is 0.104. The molecule has 1 aromatic heterocycles. The molecule has 29 heavy (non-hydrogen) atoms. The van der Waals surface area contributed by atoms with Gasteiger partial charge in [0.25, 0.3) is 5.91 Å². The van der Waals surface area contributed by atoms with Crippen LogP contribution in [0.3, 0.4) is 0 Å². The molecular weight excluding hydrogens is 383 g/mol. The lowest BCUT2D eigenvalue weighted by Crippen LogP contribution is -2.39. The van der Waals surface area contributed by atoms with E-state index >= 15 is 0 Å². The molecule has 1 aliphatic heterocycles. The van der Waals surface area contributed by atoms with Gasteiger partial charge >= 0.3 is 0 Å². The van der Waals surface area contributed by atoms with E-state index in [9.17, 15) is 18.0 Å². The predicted octanol–water partition coefficient (Wildman–Crippen LogP) is 4.10. The van der Waals surface area contributed by atoms with Gasteiger partial charge < -0.3 is 9.42 Å². The van der Waals surface area contributed by atoms with Gasteiger partial charge in [0.2, 0.25) is 5.89 Å². The molecule has 8 heteroatoms. The van der Waals surface area contributed by atoms with Gasteiger partial charge in [-0.3, -0.25) is 4.79 Å². The van der Waals surface area contributed by atoms with E-state index in [0.717, 1.165) is 30.5 Å². The second-order valence-corrected chi connectivity index (χ2v) is 7.07. The Hall–Kier alpha value is -3.16. The summed E-state index contributed by atoms with van der Waals surface area (Å²) in [6.07, 6.45) is 1.92. The fraction of sp³-hybridized carbons (Fsp3) is 0.286. The number of hydrogen-bond donors (Lipinski definition) is 0. The minimum atomic E-state index is -1.05. The minimum Gasteiger partial charge on any atom is -0.339 e. The molecule has 0 unspecified atom stereocenters. The Morgan fingerprint density at radius 1 is 1.10 bits per heavy atom. The van der Waals surface area contributed by atoms with Crippen molar-refractivity contribution in [3.63, 3.8) is 0 Å². The molecule has 150 valence electrons. The summed E-state index contributed by atoms with van der Waals surface area (Å²) < 4.78 is 45.0. The zero-order valence-corrected chi connectivity index (χ0v) is 15.4. The fourth-order valence-electron chi connectivity index (χ4n) is 3.46. The monoisotopic (exact) mass is 401 g/mol. The van der Waals surface area contributed by atoms with Crippen LogP contribution in [-0.4, -0.2) is 34.0 Å². The van der Waals surface area contributed by atoms with E-state index in [1.165, 1.54) is 18.2 Å². The van der Waals surface area contributed by atoms with E-state index < -0.39 is 11.6 Å². The third-order valence-electron chi connectivity index (χ3n) is 4.98. The van der Waals surface area contributed by atoms with Crippen LogP contribution in [0.5, 0.6) is 0 Å². The molecule has 1 amide bonds. The van der Waals surface area contributed by atoms with E-state index in [0.29, 0.717) is 31.2 Å². The highest BCUT2D eigenvalue weighted by Gasteiger charge is 2.29. The van der Waals surface area contributed by atoms with E-state index in [1.54, 1.807) is 17.0 Å². The number of hydrogen-bond acceptors (Lipinski definition) is 4. The summed E-state index contributed by atoms with van der Waals surface area (Å²) in [6, 6.07) is 9.21. The predicted molar refractivity (Wildman–Crippen MR) is 97.7 cm³/mol. The summed E-state index contributed by atoms with van der Waals surface area (Å²) in [5.74, 6) is -1.92. The van der Waals surface area contributed by atoms with Crippen molar-refractivity contribution >= 4 is 5.91 Å². The molecule has 0 bridgehead atoms. The number of benzene rings is 2. The third kappa shape index (κ3) is 4.31. The van der Waals surface area contributed by atoms with Crippen molar-refractivity contribution in [2.24, 2.45) is 0 Å². The highest BCUT2D eigenvalue weighted by atomic mass is 19.2. The van der Waals surface area contributed by atoms with Crippen LogP contribution in [0.1, 0.15) is 46.4 Å². The van der Waals surface area contributed by atoms with Crippen molar-refractivity contribution < 1.29 is 22.5 Å². The molecule has 1 fully saturated rings. The van der Waals surface area contributed by atoms with E-state index in [2.05, 4.69) is 10.1 Å². The number of aromatic nitrogens is 2. The molecule has 0 radical (unpaired) electrons. The van der Waals surface area contributed by atoms with Crippen molar-refractivity contribution in [1.82, 2.24) is 15.0 Å². The number of nitrogens with zero attached hydrogens (tertiary/aromatic N) is 3. The SMILES string of the molecule is O=C(c1ccc(F)c(F)c1)N1CCC[C@H](c2nc(Cc3ccc(F)cc3)no2)C1. The van der Waals surface area contributed by atoms with Gasteiger partial charge in [-0.05, 0) is 48.7 Å². The molecule has 1 saturated heterocycles. The Bertz CT molecular complexity index is 1020. The normalized spacial score (nSPS) is 16.8. The van der Waals surface area contributed by atoms with Gasteiger partial charge in [0, 0.05) is 25.1 Å². The Labute approximate surface area is 165 Å². The molecule has 2 aromatic carbocycles. The number of likely N-dealkylation sites (tertiary alicyclic amines) is 1. The van der Waals surface area contributed by atoms with Gasteiger partial charge in [-0.2, -0.15) is 4.98 Å². The van der Waals surface area contributed by atoms with Gasteiger partial charge in [0.15, 0.2) is 17.5 Å². The summed E-state index contributed by atoms with van der Waals surface area (Å²) >= 11 is 0. The van der Waals surface area contributed by atoms with Gasteiger partial charge in [-0.25, -0.2) is 13.2 Å². The van der Waals surface area contributed by atoms with Gasteiger partial charge in [-0.1, -0.05) is 17.3 Å². The lowest BCUT2D eigenvalue weighted by atomic mass is 9.97. The second-order valence-electron chi connectivity index (χ2n) is 7.07. The first-order chi connectivity index (χ1) is 14.0. The summed E-state index contributed by atoms with van der Waals surface area (Å²) in [5.41, 5.74) is 0.963. The third-order valence-corrected chi connectivity index (χ3v) is 4.98. The lowest BCUT2D eigenvalue weighted by Gasteiger charge is -2.31. The van der Waals surface area contributed by atoms with E-state index in [1.807, 2.05) is 0 Å². The molecule has 4 rings (SSSR count). The van der Waals surface area contributed by atoms with Gasteiger partial charge in [0.1, 0.15) is 5.82 Å². The highest BCUT2D eigenvalue weighted by Crippen LogP contribution is 2.27. The Morgan fingerprint density at radius 2 is 1.90 bits per heavy atom. The summed E-state index contributed by atoms with van der Waals surface area (Å²) in [4.78, 5) is 18.7. The smallest absolute Gasteiger partial charge is 0.253 e. The van der Waals surface area contributed by atoms with Gasteiger partial charge in [0.05, 0.1) is 5.92 Å². The number of piperidine rings is 1. The first-order valence-corrected chi connectivity index (χ1v) is 9.31. The molecule has 0 saturated carbocycles. The standard InChI is InChI=1S/C21H18F3N3O2/c22-16-6-3-13(4-7-16)10-19-25-20(29-26-19)15-2-1-9-27(12-15)21(28)14-5-8-17(23)18(24)11-14/h3-8,11,15H,1-2,9-10,12H2/t15-/m0/s1. The number of rotatable bonds is 4. The van der Waals surface area contributed by atoms with Crippen molar-refractivity contribution in [3.8, 4) is 0 Å². The van der Waals surface area contributed by atoms with Crippen molar-refractivity contribution in [1.29, 1.82) is 0 Å². The van der Waals surface area contributed by atoms with Crippen molar-refractivity contribution in [2.75, 3.05) is 13.1 Å². The quantitative estimate of drug-likeness (QED) is 0.661. The summed E-state index contributed by atoms with van der Waals surface area (Å²) in [7, 11) is 0. The molecular formula is C21H18F3N3O2. The van der Waals surface area contributed by atoms with Crippen LogP contribution in [0.25, 0.3) is 0 Å². The molecule has 1 aliphatic rings. The summed E-state index contributed by atoms with van der Waals surface area (Å²) in [6.45, 7) is 0.876. The van der Waals surface area contributed by atoms with Crippen LogP contribution in [0.2, 0.25) is 0 Å². The van der Waals surface area contributed by atoms with Crippen LogP contribution in [-0.2, 0) is 6.42 Å². The Balaban J connectivity index is 1.44. The zero-order valence-electron chi connectivity index (χ0n) is 15.4. The largest absolute Gasteiger partial charge is 0.339 e. The second kappa shape index (κ2) is 8.06. The lowest BCUT2D eigenvalue weighted by molar-refractivity contribution is 0.0695. The maximum atomic E-state index is 13.5. The maximum Gasteiger partial charge on any atom is 0.253 e. The van der Waals surface area contributed by atoms with Crippen LogP contribution in [0, 0.1) is 17.5 Å². The first kappa shape index (κ1) is 19.2. The van der Waals surface area contributed by atoms with Gasteiger partial charge in [-0.15, -0.1) is 0 Å². The highest BCUT2D eigenvalue weighted by molar-refractivity contribution is 5.94. The molecule has 0 spiro atoms. The van der Waals surface area contributed by atoms with Crippen LogP contribution in [0.4, 0.5) is 13.2 Å². The molecule has 1 atom stereocenters. The number of carbonyl (C=O) groups excluding carboxylic acids is 1. The zero-order chi connectivity index (χ0) is 20.4. The number of carbonyl (C=O) groups is 1. The van der Waals surface area contributed by atoms with Crippen LogP contribution >= 0.6 is 0 Å². The fourth-order valence-corrected chi connectivity index (χ4v) is 3.46. The van der Waals surface area contributed by atoms with Crippen molar-refractivity contribution in [3.05, 3.63) is 82.8 Å². The molecule has 0 N–H and O–H groups in total. The van der Waals surface area contributed by atoms with E-state index in [4.69, 9.17) is 4.52 Å². The Morgan fingerprint density at radius 3 is 2.66 bits per heavy atom. The average molecular weight is 401 g/mol. The molecule has 2 heterocycles. The number of halogens is 3. The number of amides is 1. The average Bonchev–Trinajstić information content (AvgIpc) is 3.20. The van der Waals surface area contributed by atoms with E-state index in [-0.39, 0.29) is 23.2 Å².